The van der Waals surface area contributed by atoms with Crippen LogP contribution in [0.4, 0.5) is 5.69 Å². The highest BCUT2D eigenvalue weighted by atomic mass is 79.9. The fourth-order valence-electron chi connectivity index (χ4n) is 2.86. The number of amidine groups is 1. The Morgan fingerprint density at radius 1 is 1.32 bits per heavy atom. The minimum Gasteiger partial charge on any atom is -0.469 e. The van der Waals surface area contributed by atoms with Gasteiger partial charge in [0.25, 0.3) is 0 Å². The van der Waals surface area contributed by atoms with Gasteiger partial charge in [-0.3, -0.25) is 14.8 Å². The van der Waals surface area contributed by atoms with Gasteiger partial charge in [-0.25, -0.2) is 10.0 Å². The first-order chi connectivity index (χ1) is 13.5. The van der Waals surface area contributed by atoms with Crippen molar-refractivity contribution < 1.29 is 9.53 Å². The molecule has 2 aromatic rings. The number of benzene rings is 1. The summed E-state index contributed by atoms with van der Waals surface area (Å²) in [5, 5.41) is 4.12. The number of nitrogens with zero attached hydrogens (tertiary/aromatic N) is 5. The number of likely N-dealkylation sites (N-methyl/N-ethyl adjacent to an activating group) is 1. The number of methoxy groups -OCH3 is 1. The largest absolute Gasteiger partial charge is 0.469 e. The molecule has 0 N–H and O–H groups in total. The Morgan fingerprint density at radius 3 is 2.82 bits per heavy atom. The lowest BCUT2D eigenvalue weighted by Gasteiger charge is -2.18. The van der Waals surface area contributed by atoms with Crippen molar-refractivity contribution in [2.45, 2.75) is 18.9 Å². The summed E-state index contributed by atoms with van der Waals surface area (Å²) >= 11 is 3.48. The molecule has 0 fully saturated rings. The molecule has 28 heavy (non-hydrogen) atoms. The Bertz CT molecular complexity index is 946. The number of nitroso groups, excluding NO2 is 1. The van der Waals surface area contributed by atoms with Gasteiger partial charge < -0.3 is 4.74 Å². The number of fused-ring (bicyclic) bond motifs is 1. The number of aliphatic imine (C=N–C) groups is 2. The first-order valence-corrected chi connectivity index (χ1v) is 9.34. The SMILES string of the molecule is COC(=O)CC[C@@H]1N=C(c2ccccn2)c2cc(Br)ccc2N=C1N(C)N=O. The monoisotopic (exact) mass is 443 g/mol. The van der Waals surface area contributed by atoms with Gasteiger partial charge in [-0.2, -0.15) is 0 Å². The number of carbonyl (C=O) groups is 1. The molecular weight excluding hydrogens is 426 g/mol. The van der Waals surface area contributed by atoms with E-state index in [0.29, 0.717) is 29.3 Å². The second-order valence-corrected chi connectivity index (χ2v) is 6.98. The highest BCUT2D eigenvalue weighted by Crippen LogP contribution is 2.30. The molecule has 1 aliphatic heterocycles. The van der Waals surface area contributed by atoms with E-state index in [1.165, 1.54) is 14.2 Å². The maximum atomic E-state index is 11.7. The Balaban J connectivity index is 2.17. The molecule has 1 aromatic carbocycles. The van der Waals surface area contributed by atoms with Gasteiger partial charge in [0, 0.05) is 29.7 Å². The summed E-state index contributed by atoms with van der Waals surface area (Å²) in [7, 11) is 2.84. The molecule has 0 spiro atoms. The predicted molar refractivity (Wildman–Crippen MR) is 110 cm³/mol. The van der Waals surface area contributed by atoms with Gasteiger partial charge in [-0.05, 0) is 36.8 Å². The van der Waals surface area contributed by atoms with Crippen LogP contribution in [0.15, 0.2) is 62.3 Å². The maximum Gasteiger partial charge on any atom is 0.305 e. The van der Waals surface area contributed by atoms with E-state index in [2.05, 4.69) is 31.2 Å². The molecule has 2 heterocycles. The van der Waals surface area contributed by atoms with Crippen LogP contribution in [0.5, 0.6) is 0 Å². The minimum atomic E-state index is -0.565. The van der Waals surface area contributed by atoms with Gasteiger partial charge in [0.1, 0.15) is 6.04 Å². The van der Waals surface area contributed by atoms with E-state index in [9.17, 15) is 9.70 Å². The van der Waals surface area contributed by atoms with Gasteiger partial charge in [0.05, 0.1) is 29.5 Å². The van der Waals surface area contributed by atoms with Gasteiger partial charge in [-0.15, -0.1) is 4.91 Å². The van der Waals surface area contributed by atoms with Crippen LogP contribution >= 0.6 is 15.9 Å². The number of ether oxygens (including phenoxy) is 1. The zero-order chi connectivity index (χ0) is 20.1. The van der Waals surface area contributed by atoms with Gasteiger partial charge in [-0.1, -0.05) is 22.0 Å². The van der Waals surface area contributed by atoms with Crippen LogP contribution in [0.2, 0.25) is 0 Å². The third-order valence-electron chi connectivity index (χ3n) is 4.24. The molecule has 0 bridgehead atoms. The van der Waals surface area contributed by atoms with Gasteiger partial charge >= 0.3 is 5.97 Å². The molecule has 144 valence electrons. The van der Waals surface area contributed by atoms with Gasteiger partial charge in [0.2, 0.25) is 0 Å². The van der Waals surface area contributed by atoms with E-state index < -0.39 is 6.04 Å². The third-order valence-corrected chi connectivity index (χ3v) is 4.74. The summed E-state index contributed by atoms with van der Waals surface area (Å²) in [6, 6.07) is 10.6. The molecule has 1 atom stereocenters. The molecule has 0 unspecified atom stereocenters. The van der Waals surface area contributed by atoms with E-state index in [1.54, 1.807) is 6.20 Å². The average molecular weight is 444 g/mol. The topological polar surface area (TPSA) is 96.6 Å². The zero-order valence-corrected chi connectivity index (χ0v) is 17.0. The Labute approximate surface area is 170 Å². The van der Waals surface area contributed by atoms with Crippen LogP contribution in [0.3, 0.4) is 0 Å². The minimum absolute atomic E-state index is 0.131. The lowest BCUT2D eigenvalue weighted by molar-refractivity contribution is -0.140. The average Bonchev–Trinajstić information content (AvgIpc) is 2.88. The maximum absolute atomic E-state index is 11.7. The molecule has 0 aliphatic carbocycles. The van der Waals surface area contributed by atoms with Crippen molar-refractivity contribution in [2.24, 2.45) is 15.3 Å². The molecule has 1 aromatic heterocycles. The van der Waals surface area contributed by atoms with Crippen molar-refractivity contribution in [3.8, 4) is 0 Å². The molecule has 0 amide bonds. The third kappa shape index (κ3) is 4.30. The number of hydrogen-bond donors (Lipinski definition) is 0. The molecule has 9 heteroatoms. The lowest BCUT2D eigenvalue weighted by atomic mass is 10.0. The number of hydrogen-bond acceptors (Lipinski definition) is 7. The molecule has 0 saturated heterocycles. The summed E-state index contributed by atoms with van der Waals surface area (Å²) in [6.45, 7) is 0. The summed E-state index contributed by atoms with van der Waals surface area (Å²) in [5.74, 6) is -0.00596. The standard InChI is InChI=1S/C19H18BrN5O3/c1-25(24-27)19-16(8-9-17(26)28-2)22-18(15-5-3-4-10-21-15)13-11-12(20)6-7-14(13)23-19/h3-7,10-11,16H,8-9H2,1-2H3/t16-/m0/s1. The van der Waals surface area contributed by atoms with Crippen molar-refractivity contribution >= 4 is 39.1 Å². The van der Waals surface area contributed by atoms with E-state index in [-0.39, 0.29) is 12.4 Å². The lowest BCUT2D eigenvalue weighted by Crippen LogP contribution is -2.32. The summed E-state index contributed by atoms with van der Waals surface area (Å²) in [4.78, 5) is 36.8. The molecule has 0 radical (unpaired) electrons. The van der Waals surface area contributed by atoms with E-state index in [1.807, 2.05) is 36.4 Å². The van der Waals surface area contributed by atoms with Crippen molar-refractivity contribution in [3.63, 3.8) is 0 Å². The second-order valence-electron chi connectivity index (χ2n) is 6.06. The van der Waals surface area contributed by atoms with Crippen molar-refractivity contribution in [1.82, 2.24) is 9.99 Å². The van der Waals surface area contributed by atoms with Crippen LogP contribution in [0.25, 0.3) is 0 Å². The molecular formula is C19H18BrN5O3. The number of aromatic nitrogens is 1. The zero-order valence-electron chi connectivity index (χ0n) is 15.4. The van der Waals surface area contributed by atoms with Crippen LogP contribution in [0.1, 0.15) is 24.1 Å². The smallest absolute Gasteiger partial charge is 0.305 e. The summed E-state index contributed by atoms with van der Waals surface area (Å²) < 4.78 is 5.60. The predicted octanol–water partition coefficient (Wildman–Crippen LogP) is 3.66. The number of carbonyl (C=O) groups excluding carboxylic acids is 1. The van der Waals surface area contributed by atoms with Crippen LogP contribution in [0, 0.1) is 4.91 Å². The van der Waals surface area contributed by atoms with Crippen LogP contribution in [-0.4, -0.2) is 47.7 Å². The van der Waals surface area contributed by atoms with E-state index in [4.69, 9.17) is 9.73 Å². The quantitative estimate of drug-likeness (QED) is 0.399. The molecule has 8 nitrogen and oxygen atoms in total. The molecule has 3 rings (SSSR count). The van der Waals surface area contributed by atoms with E-state index in [0.717, 1.165) is 15.0 Å². The fourth-order valence-corrected chi connectivity index (χ4v) is 3.22. The normalized spacial score (nSPS) is 15.6. The van der Waals surface area contributed by atoms with Crippen molar-refractivity contribution in [2.75, 3.05) is 14.2 Å². The second kappa shape index (κ2) is 8.83. The highest BCUT2D eigenvalue weighted by Gasteiger charge is 2.27. The first kappa shape index (κ1) is 19.8. The van der Waals surface area contributed by atoms with Crippen LogP contribution in [-0.2, 0) is 9.53 Å². The van der Waals surface area contributed by atoms with E-state index >= 15 is 0 Å². The number of halogens is 1. The number of esters is 1. The first-order valence-electron chi connectivity index (χ1n) is 8.55. The molecule has 1 aliphatic rings. The van der Waals surface area contributed by atoms with Crippen LogP contribution < -0.4 is 0 Å². The number of pyridine rings is 1. The summed E-state index contributed by atoms with van der Waals surface area (Å²) in [5.41, 5.74) is 2.71. The van der Waals surface area contributed by atoms with Crippen molar-refractivity contribution in [3.05, 3.63) is 63.2 Å². The Kier molecular flexibility index (Phi) is 6.25. The van der Waals surface area contributed by atoms with Gasteiger partial charge in [0.15, 0.2) is 5.84 Å². The number of rotatable bonds is 5. The highest BCUT2D eigenvalue weighted by molar-refractivity contribution is 9.10. The summed E-state index contributed by atoms with van der Waals surface area (Å²) in [6.07, 6.45) is 2.13. The van der Waals surface area contributed by atoms with Crippen molar-refractivity contribution in [1.29, 1.82) is 0 Å². The Morgan fingerprint density at radius 2 is 2.14 bits per heavy atom. The Hall–Kier alpha value is -2.94. The fraction of sp³-hybridized carbons (Fsp3) is 0.263. The molecule has 0 saturated carbocycles.